The lowest BCUT2D eigenvalue weighted by molar-refractivity contribution is -0.131. The zero-order valence-electron chi connectivity index (χ0n) is 16.8. The van der Waals surface area contributed by atoms with Crippen LogP contribution in [0.3, 0.4) is 0 Å². The molecule has 29 heavy (non-hydrogen) atoms. The first-order valence-electron chi connectivity index (χ1n) is 9.30. The van der Waals surface area contributed by atoms with Crippen molar-refractivity contribution in [1.82, 2.24) is 19.0 Å². The number of carbonyl (C=O) groups is 1. The van der Waals surface area contributed by atoms with Crippen molar-refractivity contribution < 1.29 is 22.3 Å². The highest BCUT2D eigenvalue weighted by atomic mass is 32.2. The van der Waals surface area contributed by atoms with Gasteiger partial charge >= 0.3 is 0 Å². The molecule has 0 spiro atoms. The van der Waals surface area contributed by atoms with Crippen molar-refractivity contribution >= 4 is 15.9 Å². The Morgan fingerprint density at radius 3 is 2.62 bits per heavy atom. The molecular weight excluding hydrogens is 399 g/mol. The van der Waals surface area contributed by atoms with Crippen LogP contribution in [0, 0.1) is 19.7 Å². The summed E-state index contributed by atoms with van der Waals surface area (Å²) >= 11 is 0. The quantitative estimate of drug-likeness (QED) is 0.698. The van der Waals surface area contributed by atoms with Crippen molar-refractivity contribution in [3.8, 4) is 0 Å². The SMILES string of the molecule is Cc1nn(CC(=O)N(C)Cc2cccc(F)c2)c(C)c1S(=O)(=O)N1CCOCC1. The van der Waals surface area contributed by atoms with E-state index in [0.29, 0.717) is 43.3 Å². The van der Waals surface area contributed by atoms with Crippen LogP contribution in [0.15, 0.2) is 29.2 Å². The Balaban J connectivity index is 1.76. The number of rotatable bonds is 6. The summed E-state index contributed by atoms with van der Waals surface area (Å²) in [6.07, 6.45) is 0. The van der Waals surface area contributed by atoms with Gasteiger partial charge < -0.3 is 9.64 Å². The first-order valence-corrected chi connectivity index (χ1v) is 10.7. The van der Waals surface area contributed by atoms with Crippen molar-refractivity contribution in [1.29, 1.82) is 0 Å². The van der Waals surface area contributed by atoms with Gasteiger partial charge in [-0.2, -0.15) is 9.40 Å². The van der Waals surface area contributed by atoms with E-state index in [4.69, 9.17) is 4.74 Å². The average Bonchev–Trinajstić information content (AvgIpc) is 2.96. The minimum absolute atomic E-state index is 0.100. The van der Waals surface area contributed by atoms with Crippen LogP contribution in [-0.2, 0) is 32.6 Å². The van der Waals surface area contributed by atoms with Gasteiger partial charge in [-0.15, -0.1) is 0 Å². The number of sulfonamides is 1. The second-order valence-corrected chi connectivity index (χ2v) is 8.93. The van der Waals surface area contributed by atoms with E-state index in [2.05, 4.69) is 5.10 Å². The van der Waals surface area contributed by atoms with Crippen molar-refractivity contribution in [2.45, 2.75) is 31.8 Å². The lowest BCUT2D eigenvalue weighted by Gasteiger charge is -2.26. The van der Waals surface area contributed by atoms with Gasteiger partial charge in [-0.25, -0.2) is 12.8 Å². The van der Waals surface area contributed by atoms with Crippen molar-refractivity contribution in [3.05, 3.63) is 47.0 Å². The number of aromatic nitrogens is 2. The van der Waals surface area contributed by atoms with E-state index in [1.54, 1.807) is 33.0 Å². The molecule has 0 bridgehead atoms. The van der Waals surface area contributed by atoms with Gasteiger partial charge in [-0.05, 0) is 31.5 Å². The minimum atomic E-state index is -3.71. The molecule has 3 rings (SSSR count). The number of benzene rings is 1. The first-order chi connectivity index (χ1) is 13.7. The van der Waals surface area contributed by atoms with Gasteiger partial charge in [-0.3, -0.25) is 9.48 Å². The molecule has 0 aliphatic carbocycles. The molecule has 0 N–H and O–H groups in total. The molecule has 1 saturated heterocycles. The standard InChI is InChI=1S/C19H25FN4O4S/c1-14-19(29(26,27)23-7-9-28-10-8-23)15(2)24(21-14)13-18(25)22(3)12-16-5-4-6-17(20)11-16/h4-6,11H,7-10,12-13H2,1-3H3. The number of likely N-dealkylation sites (N-methyl/N-ethyl adjacent to an activating group) is 1. The fraction of sp³-hybridized carbons (Fsp3) is 0.474. The van der Waals surface area contributed by atoms with Gasteiger partial charge in [0, 0.05) is 26.7 Å². The van der Waals surface area contributed by atoms with Crippen LogP contribution in [-0.4, -0.2) is 66.7 Å². The summed E-state index contributed by atoms with van der Waals surface area (Å²) in [6.45, 7) is 4.71. The molecule has 0 saturated carbocycles. The minimum Gasteiger partial charge on any atom is -0.379 e. The number of halogens is 1. The maximum Gasteiger partial charge on any atom is 0.246 e. The number of nitrogens with zero attached hydrogens (tertiary/aromatic N) is 4. The highest BCUT2D eigenvalue weighted by Crippen LogP contribution is 2.24. The molecule has 1 aliphatic rings. The normalized spacial score (nSPS) is 15.4. The van der Waals surface area contributed by atoms with Gasteiger partial charge in [0.15, 0.2) is 0 Å². The zero-order valence-corrected chi connectivity index (χ0v) is 17.6. The van der Waals surface area contributed by atoms with E-state index in [1.165, 1.54) is 26.0 Å². The summed E-state index contributed by atoms with van der Waals surface area (Å²) in [6, 6.07) is 6.05. The average molecular weight is 424 g/mol. The predicted octanol–water partition coefficient (Wildman–Crippen LogP) is 1.32. The third-order valence-electron chi connectivity index (χ3n) is 4.90. The van der Waals surface area contributed by atoms with Crippen LogP contribution >= 0.6 is 0 Å². The second-order valence-electron chi connectivity index (χ2n) is 7.05. The Kier molecular flexibility index (Phi) is 6.35. The van der Waals surface area contributed by atoms with E-state index < -0.39 is 10.0 Å². The molecule has 2 aromatic rings. The van der Waals surface area contributed by atoms with Crippen molar-refractivity contribution in [2.75, 3.05) is 33.4 Å². The maximum atomic E-state index is 13.3. The summed E-state index contributed by atoms with van der Waals surface area (Å²) in [5.41, 5.74) is 1.45. The molecule has 2 heterocycles. The number of carbonyl (C=O) groups excluding carboxylic acids is 1. The number of aryl methyl sites for hydroxylation is 1. The summed E-state index contributed by atoms with van der Waals surface area (Å²) in [7, 11) is -2.09. The van der Waals surface area contributed by atoms with Gasteiger partial charge in [0.2, 0.25) is 15.9 Å². The monoisotopic (exact) mass is 424 g/mol. The highest BCUT2D eigenvalue weighted by Gasteiger charge is 2.32. The molecule has 0 atom stereocenters. The number of amides is 1. The Morgan fingerprint density at radius 2 is 1.97 bits per heavy atom. The number of hydrogen-bond acceptors (Lipinski definition) is 5. The molecule has 1 aromatic carbocycles. The van der Waals surface area contributed by atoms with E-state index in [0.717, 1.165) is 0 Å². The Labute approximate surface area is 169 Å². The van der Waals surface area contributed by atoms with E-state index in [1.807, 2.05) is 0 Å². The lowest BCUT2D eigenvalue weighted by Crippen LogP contribution is -2.41. The number of morpholine rings is 1. The second kappa shape index (κ2) is 8.60. The predicted molar refractivity (Wildman–Crippen MR) is 104 cm³/mol. The summed E-state index contributed by atoms with van der Waals surface area (Å²) in [5.74, 6) is -0.616. The van der Waals surface area contributed by atoms with Crippen LogP contribution in [0.5, 0.6) is 0 Å². The molecule has 1 amide bonds. The van der Waals surface area contributed by atoms with Gasteiger partial charge in [-0.1, -0.05) is 12.1 Å². The Morgan fingerprint density at radius 1 is 1.28 bits per heavy atom. The van der Waals surface area contributed by atoms with Crippen LogP contribution in [0.2, 0.25) is 0 Å². The van der Waals surface area contributed by atoms with Crippen LogP contribution in [0.25, 0.3) is 0 Å². The number of hydrogen-bond donors (Lipinski definition) is 0. The molecule has 0 radical (unpaired) electrons. The van der Waals surface area contributed by atoms with Crippen LogP contribution in [0.4, 0.5) is 4.39 Å². The summed E-state index contributed by atoms with van der Waals surface area (Å²) in [5, 5.41) is 4.29. The van der Waals surface area contributed by atoms with E-state index >= 15 is 0 Å². The molecule has 8 nitrogen and oxygen atoms in total. The third-order valence-corrected chi connectivity index (χ3v) is 7.05. The first kappa shape index (κ1) is 21.4. The van der Waals surface area contributed by atoms with E-state index in [9.17, 15) is 17.6 Å². The van der Waals surface area contributed by atoms with Crippen molar-refractivity contribution in [2.24, 2.45) is 0 Å². The number of ether oxygens (including phenoxy) is 1. The molecule has 158 valence electrons. The molecule has 1 fully saturated rings. The third kappa shape index (κ3) is 4.65. The Bertz CT molecular complexity index is 1000. The molecule has 1 aliphatic heterocycles. The van der Waals surface area contributed by atoms with Gasteiger partial charge in [0.05, 0.1) is 24.6 Å². The smallest absolute Gasteiger partial charge is 0.246 e. The van der Waals surface area contributed by atoms with Gasteiger partial charge in [0.25, 0.3) is 0 Å². The topological polar surface area (TPSA) is 84.7 Å². The van der Waals surface area contributed by atoms with Crippen molar-refractivity contribution in [3.63, 3.8) is 0 Å². The van der Waals surface area contributed by atoms with E-state index in [-0.39, 0.29) is 29.7 Å². The van der Waals surface area contributed by atoms with Crippen LogP contribution in [0.1, 0.15) is 17.0 Å². The molecule has 10 heteroatoms. The van der Waals surface area contributed by atoms with Crippen LogP contribution < -0.4 is 0 Å². The fourth-order valence-corrected chi connectivity index (χ4v) is 5.15. The molecule has 0 unspecified atom stereocenters. The lowest BCUT2D eigenvalue weighted by atomic mass is 10.2. The highest BCUT2D eigenvalue weighted by molar-refractivity contribution is 7.89. The summed E-state index contributed by atoms with van der Waals surface area (Å²) in [4.78, 5) is 14.2. The zero-order chi connectivity index (χ0) is 21.2. The molecular formula is C19H25FN4O4S. The largest absolute Gasteiger partial charge is 0.379 e. The Hall–Kier alpha value is -2.30. The fourth-order valence-electron chi connectivity index (χ4n) is 3.37. The maximum absolute atomic E-state index is 13.3. The summed E-state index contributed by atoms with van der Waals surface area (Å²) < 4.78 is 47.4. The van der Waals surface area contributed by atoms with Gasteiger partial charge in [0.1, 0.15) is 17.3 Å². The molecule has 1 aromatic heterocycles.